The van der Waals surface area contributed by atoms with Gasteiger partial charge in [-0.15, -0.1) is 0 Å². The van der Waals surface area contributed by atoms with Gasteiger partial charge in [0.05, 0.1) is 25.3 Å². The lowest BCUT2D eigenvalue weighted by atomic mass is 10.0. The normalized spacial score (nSPS) is 12.0. The van der Waals surface area contributed by atoms with Crippen LogP contribution in [-0.4, -0.2) is 19.3 Å². The molecule has 0 aromatic heterocycles. The predicted molar refractivity (Wildman–Crippen MR) is 87.4 cm³/mol. The zero-order chi connectivity index (χ0) is 15.4. The molecule has 21 heavy (non-hydrogen) atoms. The predicted octanol–water partition coefficient (Wildman–Crippen LogP) is 4.40. The van der Waals surface area contributed by atoms with Crippen molar-refractivity contribution in [2.75, 3.05) is 14.2 Å². The lowest BCUT2D eigenvalue weighted by molar-refractivity contribution is 0.177. The first-order chi connectivity index (χ1) is 10.0. The van der Waals surface area contributed by atoms with Gasteiger partial charge in [-0.2, -0.15) is 0 Å². The number of methoxy groups -OCH3 is 2. The summed E-state index contributed by atoms with van der Waals surface area (Å²) in [6, 6.07) is 11.0. The second-order valence-electron chi connectivity index (χ2n) is 4.57. The summed E-state index contributed by atoms with van der Waals surface area (Å²) in [7, 11) is 3.17. The highest BCUT2D eigenvalue weighted by Gasteiger charge is 2.14. The van der Waals surface area contributed by atoms with Crippen molar-refractivity contribution in [2.24, 2.45) is 0 Å². The second kappa shape index (κ2) is 7.16. The van der Waals surface area contributed by atoms with Crippen LogP contribution in [0.4, 0.5) is 0 Å². The summed E-state index contributed by atoms with van der Waals surface area (Å²) in [6.45, 7) is 0. The van der Waals surface area contributed by atoms with E-state index in [2.05, 4.69) is 15.9 Å². The summed E-state index contributed by atoms with van der Waals surface area (Å²) in [5.41, 5.74) is 1.66. The Morgan fingerprint density at radius 2 is 1.76 bits per heavy atom. The van der Waals surface area contributed by atoms with Gasteiger partial charge in [-0.1, -0.05) is 33.6 Å². The topological polar surface area (TPSA) is 38.7 Å². The smallest absolute Gasteiger partial charge is 0.137 e. The highest BCUT2D eigenvalue weighted by Crippen LogP contribution is 2.31. The molecule has 2 rings (SSSR count). The molecule has 0 spiro atoms. The molecule has 5 heteroatoms. The van der Waals surface area contributed by atoms with Crippen molar-refractivity contribution in [1.29, 1.82) is 0 Å². The first kappa shape index (κ1) is 16.1. The van der Waals surface area contributed by atoms with Crippen molar-refractivity contribution in [3.8, 4) is 11.5 Å². The van der Waals surface area contributed by atoms with Gasteiger partial charge in [0.2, 0.25) is 0 Å². The maximum absolute atomic E-state index is 10.4. The van der Waals surface area contributed by atoms with Crippen molar-refractivity contribution in [1.82, 2.24) is 0 Å². The van der Waals surface area contributed by atoms with Crippen molar-refractivity contribution in [3.63, 3.8) is 0 Å². The van der Waals surface area contributed by atoms with Crippen LogP contribution in [0.3, 0.4) is 0 Å². The molecule has 0 heterocycles. The molecular weight excluding hydrogens is 356 g/mol. The fourth-order valence-electron chi connectivity index (χ4n) is 2.12. The van der Waals surface area contributed by atoms with E-state index in [9.17, 15) is 5.11 Å². The summed E-state index contributed by atoms with van der Waals surface area (Å²) in [4.78, 5) is 0. The fraction of sp³-hybridized carbons (Fsp3) is 0.250. The largest absolute Gasteiger partial charge is 0.496 e. The number of aliphatic hydroxyl groups is 1. The third-order valence-corrected chi connectivity index (χ3v) is 4.00. The third-order valence-electron chi connectivity index (χ3n) is 3.22. The van der Waals surface area contributed by atoms with Gasteiger partial charge in [0.1, 0.15) is 11.5 Å². The molecule has 112 valence electrons. The summed E-state index contributed by atoms with van der Waals surface area (Å²) >= 11 is 9.52. The summed E-state index contributed by atoms with van der Waals surface area (Å²) < 4.78 is 11.4. The van der Waals surface area contributed by atoms with E-state index >= 15 is 0 Å². The number of aliphatic hydroxyl groups excluding tert-OH is 1. The van der Waals surface area contributed by atoms with Gasteiger partial charge >= 0.3 is 0 Å². The Hall–Kier alpha value is -1.23. The number of rotatable bonds is 5. The Balaban J connectivity index is 2.23. The zero-order valence-corrected chi connectivity index (χ0v) is 14.1. The Kier molecular flexibility index (Phi) is 5.51. The lowest BCUT2D eigenvalue weighted by Crippen LogP contribution is -2.04. The van der Waals surface area contributed by atoms with Gasteiger partial charge in [0, 0.05) is 10.9 Å². The van der Waals surface area contributed by atoms with E-state index < -0.39 is 6.10 Å². The molecule has 0 saturated carbocycles. The SMILES string of the molecule is COc1ccc(C(O)Cc2cc(Br)ccc2OC)cc1Cl. The molecule has 3 nitrogen and oxygen atoms in total. The quantitative estimate of drug-likeness (QED) is 0.847. The van der Waals surface area contributed by atoms with E-state index in [4.69, 9.17) is 21.1 Å². The summed E-state index contributed by atoms with van der Waals surface area (Å²) in [5, 5.41) is 10.9. The van der Waals surface area contributed by atoms with Crippen LogP contribution in [0.2, 0.25) is 5.02 Å². The second-order valence-corrected chi connectivity index (χ2v) is 5.89. The van der Waals surface area contributed by atoms with E-state index in [0.29, 0.717) is 17.2 Å². The van der Waals surface area contributed by atoms with Crippen molar-refractivity contribution in [2.45, 2.75) is 12.5 Å². The molecule has 1 unspecified atom stereocenters. The fourth-order valence-corrected chi connectivity index (χ4v) is 2.80. The van der Waals surface area contributed by atoms with Gasteiger partial charge < -0.3 is 14.6 Å². The number of halogens is 2. The van der Waals surface area contributed by atoms with Gasteiger partial charge in [0.15, 0.2) is 0 Å². The first-order valence-corrected chi connectivity index (χ1v) is 7.56. The van der Waals surface area contributed by atoms with Crippen LogP contribution in [0.15, 0.2) is 40.9 Å². The molecular formula is C16H16BrClO3. The average molecular weight is 372 g/mol. The third kappa shape index (κ3) is 3.90. The highest BCUT2D eigenvalue weighted by molar-refractivity contribution is 9.10. The molecule has 0 bridgehead atoms. The minimum Gasteiger partial charge on any atom is -0.496 e. The van der Waals surface area contributed by atoms with Crippen molar-refractivity contribution in [3.05, 3.63) is 57.0 Å². The number of ether oxygens (including phenoxy) is 2. The van der Waals surface area contributed by atoms with Gasteiger partial charge in [-0.3, -0.25) is 0 Å². The lowest BCUT2D eigenvalue weighted by Gasteiger charge is -2.15. The van der Waals surface area contributed by atoms with E-state index in [1.54, 1.807) is 32.4 Å². The Labute approximate surface area is 137 Å². The van der Waals surface area contributed by atoms with Crippen LogP contribution >= 0.6 is 27.5 Å². The molecule has 0 fully saturated rings. The number of hydrogen-bond donors (Lipinski definition) is 1. The first-order valence-electron chi connectivity index (χ1n) is 6.39. The molecule has 2 aromatic rings. The molecule has 0 saturated heterocycles. The van der Waals surface area contributed by atoms with E-state index in [1.807, 2.05) is 18.2 Å². The number of hydrogen-bond acceptors (Lipinski definition) is 3. The molecule has 0 radical (unpaired) electrons. The van der Waals surface area contributed by atoms with Gasteiger partial charge in [0.25, 0.3) is 0 Å². The van der Waals surface area contributed by atoms with Crippen LogP contribution in [0, 0.1) is 0 Å². The minimum atomic E-state index is -0.670. The maximum Gasteiger partial charge on any atom is 0.137 e. The van der Waals surface area contributed by atoms with Gasteiger partial charge in [-0.05, 0) is 41.5 Å². The average Bonchev–Trinajstić information content (AvgIpc) is 2.47. The Morgan fingerprint density at radius 3 is 2.38 bits per heavy atom. The zero-order valence-electron chi connectivity index (χ0n) is 11.8. The van der Waals surface area contributed by atoms with Crippen LogP contribution < -0.4 is 9.47 Å². The van der Waals surface area contributed by atoms with Crippen LogP contribution in [0.5, 0.6) is 11.5 Å². The highest BCUT2D eigenvalue weighted by atomic mass is 79.9. The Bertz CT molecular complexity index is 631. The Morgan fingerprint density at radius 1 is 1.10 bits per heavy atom. The minimum absolute atomic E-state index is 0.436. The van der Waals surface area contributed by atoms with Crippen molar-refractivity contribution < 1.29 is 14.6 Å². The monoisotopic (exact) mass is 370 g/mol. The molecule has 0 amide bonds. The number of benzene rings is 2. The van der Waals surface area contributed by atoms with Crippen LogP contribution in [-0.2, 0) is 6.42 Å². The molecule has 0 aliphatic rings. The van der Waals surface area contributed by atoms with Crippen LogP contribution in [0.1, 0.15) is 17.2 Å². The summed E-state index contributed by atoms with van der Waals surface area (Å²) in [5.74, 6) is 1.34. The van der Waals surface area contributed by atoms with E-state index in [1.165, 1.54) is 0 Å². The van der Waals surface area contributed by atoms with Gasteiger partial charge in [-0.25, -0.2) is 0 Å². The summed E-state index contributed by atoms with van der Waals surface area (Å²) in [6.07, 6.45) is -0.234. The molecule has 1 atom stereocenters. The van der Waals surface area contributed by atoms with Crippen LogP contribution in [0.25, 0.3) is 0 Å². The molecule has 0 aliphatic heterocycles. The maximum atomic E-state index is 10.4. The molecule has 1 N–H and O–H groups in total. The molecule has 2 aromatic carbocycles. The molecule has 0 aliphatic carbocycles. The van der Waals surface area contributed by atoms with Crippen molar-refractivity contribution >= 4 is 27.5 Å². The van der Waals surface area contributed by atoms with E-state index in [0.717, 1.165) is 21.3 Å². The standard InChI is InChI=1S/C16H16BrClO3/c1-20-15-6-4-12(17)7-11(15)9-14(19)10-3-5-16(21-2)13(18)8-10/h3-8,14,19H,9H2,1-2H3. The van der Waals surface area contributed by atoms with E-state index in [-0.39, 0.29) is 0 Å².